The monoisotopic (exact) mass is 310 g/mol. The fourth-order valence-corrected chi connectivity index (χ4v) is 2.12. The average Bonchev–Trinajstić information content (AvgIpc) is 2.42. The topological polar surface area (TPSA) is 63.5 Å². The highest BCUT2D eigenvalue weighted by Gasteiger charge is 2.29. The Labute approximate surface area is 124 Å². The number of rotatable bonds is 3. The Morgan fingerprint density at radius 2 is 1.75 bits per heavy atom. The summed E-state index contributed by atoms with van der Waals surface area (Å²) in [6.45, 7) is 0. The van der Waals surface area contributed by atoms with Crippen molar-refractivity contribution < 1.29 is 9.83 Å². The number of hydrazine groups is 1. The largest absolute Gasteiger partial charge is 0.320 e. The Hall–Kier alpha value is -2.11. The Morgan fingerprint density at radius 1 is 1.10 bits per heavy atom. The second-order valence-electron chi connectivity index (χ2n) is 3.82. The van der Waals surface area contributed by atoms with E-state index in [1.807, 2.05) is 0 Å². The highest BCUT2D eigenvalue weighted by molar-refractivity contribution is 6.36. The molecule has 2 aromatic carbocycles. The van der Waals surface area contributed by atoms with Crippen molar-refractivity contribution in [3.63, 3.8) is 0 Å². The molecule has 0 saturated carbocycles. The molecule has 0 aliphatic heterocycles. The summed E-state index contributed by atoms with van der Waals surface area (Å²) in [5, 5.41) is 11.1. The van der Waals surface area contributed by atoms with Crippen LogP contribution in [0.1, 0.15) is 10.4 Å². The molecule has 0 bridgehead atoms. The van der Waals surface area contributed by atoms with Crippen LogP contribution in [0, 0.1) is 10.1 Å². The number of amides is 1. The van der Waals surface area contributed by atoms with Crippen molar-refractivity contribution in [1.29, 1.82) is 0 Å². The van der Waals surface area contributed by atoms with Gasteiger partial charge < -0.3 is 0 Å². The molecule has 0 heterocycles. The van der Waals surface area contributed by atoms with Crippen molar-refractivity contribution in [3.8, 4) is 0 Å². The van der Waals surface area contributed by atoms with Gasteiger partial charge in [0.1, 0.15) is 5.69 Å². The lowest BCUT2D eigenvalue weighted by atomic mass is 10.2. The maximum Gasteiger partial charge on any atom is 0.320 e. The highest BCUT2D eigenvalue weighted by Crippen LogP contribution is 2.29. The molecule has 2 rings (SSSR count). The number of nitrogens with zero attached hydrogens (tertiary/aromatic N) is 2. The maximum atomic E-state index is 12.2. The molecule has 0 aliphatic rings. The Kier molecular flexibility index (Phi) is 4.22. The number of carbonyl (C=O) groups is 1. The van der Waals surface area contributed by atoms with E-state index in [0.717, 1.165) is 0 Å². The van der Waals surface area contributed by atoms with Gasteiger partial charge in [-0.1, -0.05) is 41.4 Å². The molecule has 102 valence electrons. The minimum Gasteiger partial charge on any atom is -0.262 e. The van der Waals surface area contributed by atoms with Gasteiger partial charge in [-0.05, 0) is 35.3 Å². The Bertz CT molecular complexity index is 662. The summed E-state index contributed by atoms with van der Waals surface area (Å²) in [5.41, 5.74) is 0.158. The molecule has 20 heavy (non-hydrogen) atoms. The van der Waals surface area contributed by atoms with E-state index >= 15 is 0 Å². The third kappa shape index (κ3) is 2.89. The number of anilines is 1. The zero-order valence-electron chi connectivity index (χ0n) is 9.99. The lowest BCUT2D eigenvalue weighted by Gasteiger charge is -2.13. The zero-order chi connectivity index (χ0) is 14.7. The molecular formula is C13H8Cl2N2O3. The van der Waals surface area contributed by atoms with Gasteiger partial charge in [-0.2, -0.15) is 0 Å². The van der Waals surface area contributed by atoms with E-state index in [4.69, 9.17) is 23.2 Å². The van der Waals surface area contributed by atoms with Gasteiger partial charge in [0.2, 0.25) is 0 Å². The van der Waals surface area contributed by atoms with Crippen LogP contribution < -0.4 is 5.01 Å². The Morgan fingerprint density at radius 3 is 2.30 bits per heavy atom. The van der Waals surface area contributed by atoms with Crippen LogP contribution in [0.2, 0.25) is 10.0 Å². The van der Waals surface area contributed by atoms with Crippen LogP contribution in [-0.2, 0) is 0 Å². The fraction of sp³-hybridized carbons (Fsp3) is 0. The van der Waals surface area contributed by atoms with Crippen molar-refractivity contribution in [2.75, 3.05) is 5.01 Å². The van der Waals surface area contributed by atoms with Gasteiger partial charge in [-0.3, -0.25) is 4.79 Å². The quantitative estimate of drug-likeness (QED) is 0.639. The van der Waals surface area contributed by atoms with Crippen LogP contribution in [0.5, 0.6) is 0 Å². The second kappa shape index (κ2) is 5.90. The van der Waals surface area contributed by atoms with Crippen molar-refractivity contribution in [2.24, 2.45) is 0 Å². The number of hydrogen-bond acceptors (Lipinski definition) is 3. The van der Waals surface area contributed by atoms with Crippen LogP contribution >= 0.6 is 23.2 Å². The smallest absolute Gasteiger partial charge is 0.262 e. The first kappa shape index (κ1) is 14.3. The third-order valence-electron chi connectivity index (χ3n) is 2.51. The molecule has 0 spiro atoms. The first-order valence-corrected chi connectivity index (χ1v) is 6.25. The minimum atomic E-state index is -0.815. The molecule has 0 unspecified atom stereocenters. The van der Waals surface area contributed by atoms with Gasteiger partial charge in [0.05, 0.1) is 5.02 Å². The van der Waals surface area contributed by atoms with Crippen LogP contribution in [0.4, 0.5) is 5.69 Å². The van der Waals surface area contributed by atoms with E-state index < -0.39 is 10.9 Å². The van der Waals surface area contributed by atoms with Crippen LogP contribution in [0.15, 0.2) is 48.5 Å². The molecule has 0 radical (unpaired) electrons. The van der Waals surface area contributed by atoms with Gasteiger partial charge in [0.25, 0.3) is 0 Å². The van der Waals surface area contributed by atoms with E-state index in [2.05, 4.69) is 0 Å². The molecule has 0 aromatic heterocycles. The molecule has 0 atom stereocenters. The van der Waals surface area contributed by atoms with E-state index in [0.29, 0.717) is 10.0 Å². The number of halogens is 2. The SMILES string of the molecule is O=C(c1ccccc1)N(c1ccc(Cl)cc1Cl)[N+](=O)[O-]. The zero-order valence-corrected chi connectivity index (χ0v) is 11.5. The summed E-state index contributed by atoms with van der Waals surface area (Å²) >= 11 is 11.7. The molecular weight excluding hydrogens is 303 g/mol. The summed E-state index contributed by atoms with van der Waals surface area (Å²) in [7, 11) is 0. The normalized spacial score (nSPS) is 10.1. The molecule has 0 fully saturated rings. The van der Waals surface area contributed by atoms with Crippen LogP contribution in [0.25, 0.3) is 0 Å². The lowest BCUT2D eigenvalue weighted by molar-refractivity contribution is -0.481. The van der Waals surface area contributed by atoms with Crippen molar-refractivity contribution in [1.82, 2.24) is 0 Å². The summed E-state index contributed by atoms with van der Waals surface area (Å²) in [6.07, 6.45) is 0. The molecule has 0 N–H and O–H groups in total. The van der Waals surface area contributed by atoms with Gasteiger partial charge in [-0.25, -0.2) is 10.1 Å². The van der Waals surface area contributed by atoms with E-state index in [-0.39, 0.29) is 16.3 Å². The van der Waals surface area contributed by atoms with Gasteiger partial charge in [-0.15, -0.1) is 0 Å². The van der Waals surface area contributed by atoms with Crippen LogP contribution in [-0.4, -0.2) is 10.9 Å². The molecule has 2 aromatic rings. The minimum absolute atomic E-state index is 0.0264. The van der Waals surface area contributed by atoms with E-state index in [1.54, 1.807) is 18.2 Å². The molecule has 7 heteroatoms. The van der Waals surface area contributed by atoms with Crippen molar-refractivity contribution in [3.05, 3.63) is 74.3 Å². The molecule has 1 amide bonds. The number of hydrogen-bond donors (Lipinski definition) is 0. The molecule has 5 nitrogen and oxygen atoms in total. The first-order chi connectivity index (χ1) is 9.50. The van der Waals surface area contributed by atoms with Gasteiger partial charge >= 0.3 is 5.91 Å². The van der Waals surface area contributed by atoms with Gasteiger partial charge in [0, 0.05) is 10.6 Å². The lowest BCUT2D eigenvalue weighted by Crippen LogP contribution is -2.36. The average molecular weight is 311 g/mol. The van der Waals surface area contributed by atoms with Gasteiger partial charge in [0.15, 0.2) is 5.03 Å². The fourth-order valence-electron chi connectivity index (χ4n) is 1.63. The van der Waals surface area contributed by atoms with E-state index in [1.165, 1.54) is 30.3 Å². The number of benzene rings is 2. The summed E-state index contributed by atoms with van der Waals surface area (Å²) in [5.74, 6) is -0.778. The maximum absolute atomic E-state index is 12.2. The molecule has 0 aliphatic carbocycles. The number of nitro groups is 1. The van der Waals surface area contributed by atoms with Crippen molar-refractivity contribution >= 4 is 34.8 Å². The second-order valence-corrected chi connectivity index (χ2v) is 4.66. The third-order valence-corrected chi connectivity index (χ3v) is 3.05. The summed E-state index contributed by atoms with van der Waals surface area (Å²) < 4.78 is 0. The molecule has 0 saturated heterocycles. The van der Waals surface area contributed by atoms with E-state index in [9.17, 15) is 14.9 Å². The predicted molar refractivity (Wildman–Crippen MR) is 76.7 cm³/mol. The predicted octanol–water partition coefficient (Wildman–Crippen LogP) is 3.83. The van der Waals surface area contributed by atoms with Crippen molar-refractivity contribution in [2.45, 2.75) is 0 Å². The Balaban J connectivity index is 2.47. The summed E-state index contributed by atoms with van der Waals surface area (Å²) in [4.78, 5) is 23.4. The standard InChI is InChI=1S/C13H8Cl2N2O3/c14-10-6-7-12(11(15)8-10)16(17(19)20)13(18)9-4-2-1-3-5-9/h1-8H. The summed E-state index contributed by atoms with van der Waals surface area (Å²) in [6, 6.07) is 12.0. The van der Waals surface area contributed by atoms with Crippen LogP contribution in [0.3, 0.4) is 0 Å². The highest BCUT2D eigenvalue weighted by atomic mass is 35.5. The number of carbonyl (C=O) groups excluding carboxylic acids is 1. The first-order valence-electron chi connectivity index (χ1n) is 5.49.